The highest BCUT2D eigenvalue weighted by Gasteiger charge is 2.24. The molecule has 7 heteroatoms. The summed E-state index contributed by atoms with van der Waals surface area (Å²) in [7, 11) is 1.92. The summed E-state index contributed by atoms with van der Waals surface area (Å²) in [4.78, 5) is 16.1. The van der Waals surface area contributed by atoms with Crippen molar-refractivity contribution in [2.45, 2.75) is 19.3 Å². The number of piperidine rings is 1. The SMILES string of the molecule is Cn1ncc2c(N3CCC[C@H](CCN)C3)nc(-c3ccncc3)nc21. The normalized spacial score (nSPS) is 18.0. The lowest BCUT2D eigenvalue weighted by Gasteiger charge is -2.33. The van der Waals surface area contributed by atoms with Crippen LogP contribution in [0, 0.1) is 5.92 Å². The molecule has 0 bridgehead atoms. The van der Waals surface area contributed by atoms with Crippen LogP contribution < -0.4 is 10.6 Å². The van der Waals surface area contributed by atoms with Crippen molar-refractivity contribution in [3.05, 3.63) is 30.7 Å². The zero-order valence-electron chi connectivity index (χ0n) is 14.5. The van der Waals surface area contributed by atoms with Gasteiger partial charge < -0.3 is 10.6 Å². The zero-order chi connectivity index (χ0) is 17.2. The molecule has 0 saturated carbocycles. The molecule has 130 valence electrons. The number of aryl methyl sites for hydroxylation is 1. The van der Waals surface area contributed by atoms with Crippen LogP contribution in [0.5, 0.6) is 0 Å². The van der Waals surface area contributed by atoms with Crippen molar-refractivity contribution in [1.82, 2.24) is 24.7 Å². The Morgan fingerprint density at radius 3 is 2.88 bits per heavy atom. The quantitative estimate of drug-likeness (QED) is 0.783. The molecule has 0 aromatic carbocycles. The fourth-order valence-electron chi connectivity index (χ4n) is 3.61. The summed E-state index contributed by atoms with van der Waals surface area (Å²) in [5.74, 6) is 2.32. The summed E-state index contributed by atoms with van der Waals surface area (Å²) < 4.78 is 1.81. The van der Waals surface area contributed by atoms with Crippen LogP contribution in [0.2, 0.25) is 0 Å². The molecule has 4 heterocycles. The molecule has 0 spiro atoms. The molecule has 25 heavy (non-hydrogen) atoms. The van der Waals surface area contributed by atoms with Crippen LogP contribution in [0.3, 0.4) is 0 Å². The summed E-state index contributed by atoms with van der Waals surface area (Å²) in [5, 5.41) is 5.40. The van der Waals surface area contributed by atoms with Gasteiger partial charge in [0.05, 0.1) is 11.6 Å². The number of rotatable bonds is 4. The van der Waals surface area contributed by atoms with Crippen molar-refractivity contribution in [2.75, 3.05) is 24.5 Å². The van der Waals surface area contributed by atoms with Crippen molar-refractivity contribution >= 4 is 16.9 Å². The van der Waals surface area contributed by atoms with Crippen molar-refractivity contribution in [2.24, 2.45) is 18.7 Å². The Hall–Kier alpha value is -2.54. The average molecular weight is 337 g/mol. The summed E-state index contributed by atoms with van der Waals surface area (Å²) in [6.45, 7) is 2.75. The van der Waals surface area contributed by atoms with Crippen LogP contribution in [0.1, 0.15) is 19.3 Å². The number of hydrogen-bond acceptors (Lipinski definition) is 6. The fraction of sp³-hybridized carbons (Fsp3) is 0.444. The van der Waals surface area contributed by atoms with Gasteiger partial charge in [0.2, 0.25) is 0 Å². The number of pyridine rings is 1. The highest BCUT2D eigenvalue weighted by molar-refractivity contribution is 5.88. The van der Waals surface area contributed by atoms with Gasteiger partial charge in [0.15, 0.2) is 11.5 Å². The molecule has 4 rings (SSSR count). The number of aromatic nitrogens is 5. The van der Waals surface area contributed by atoms with Gasteiger partial charge in [-0.2, -0.15) is 5.10 Å². The van der Waals surface area contributed by atoms with Gasteiger partial charge in [-0.25, -0.2) is 9.97 Å². The summed E-state index contributed by atoms with van der Waals surface area (Å²) >= 11 is 0. The van der Waals surface area contributed by atoms with E-state index in [0.29, 0.717) is 5.92 Å². The van der Waals surface area contributed by atoms with Crippen LogP contribution in [0.4, 0.5) is 5.82 Å². The molecule has 2 N–H and O–H groups in total. The summed E-state index contributed by atoms with van der Waals surface area (Å²) in [6.07, 6.45) is 8.88. The molecule has 1 saturated heterocycles. The Morgan fingerprint density at radius 1 is 1.24 bits per heavy atom. The Bertz CT molecular complexity index is 856. The molecule has 0 unspecified atom stereocenters. The smallest absolute Gasteiger partial charge is 0.164 e. The van der Waals surface area contributed by atoms with Crippen LogP contribution in [0.15, 0.2) is 30.7 Å². The molecule has 1 aliphatic rings. The standard InChI is InChI=1S/C18H23N7/c1-24-17-15(11-21-24)18(25-10-2-3-13(12-25)4-7-19)23-16(22-17)14-5-8-20-9-6-14/h5-6,8-9,11,13H,2-4,7,10,12,19H2,1H3/t13-/m1/s1. The molecule has 7 nitrogen and oxygen atoms in total. The van der Waals surface area contributed by atoms with E-state index in [1.807, 2.05) is 30.1 Å². The second-order valence-corrected chi connectivity index (χ2v) is 6.64. The largest absolute Gasteiger partial charge is 0.356 e. The Morgan fingerprint density at radius 2 is 2.08 bits per heavy atom. The average Bonchev–Trinajstić information content (AvgIpc) is 3.03. The zero-order valence-corrected chi connectivity index (χ0v) is 14.5. The lowest BCUT2D eigenvalue weighted by Crippen LogP contribution is -2.37. The maximum Gasteiger partial charge on any atom is 0.164 e. The summed E-state index contributed by atoms with van der Waals surface area (Å²) in [5.41, 5.74) is 7.60. The molecule has 3 aromatic rings. The van der Waals surface area contributed by atoms with Gasteiger partial charge in [-0.3, -0.25) is 9.67 Å². The highest BCUT2D eigenvalue weighted by Crippen LogP contribution is 2.30. The molecule has 0 aliphatic carbocycles. The van der Waals surface area contributed by atoms with Crippen LogP contribution in [-0.2, 0) is 7.05 Å². The van der Waals surface area contributed by atoms with E-state index in [1.165, 1.54) is 12.8 Å². The lowest BCUT2D eigenvalue weighted by atomic mass is 9.95. The van der Waals surface area contributed by atoms with Crippen LogP contribution in [0.25, 0.3) is 22.4 Å². The van der Waals surface area contributed by atoms with E-state index in [-0.39, 0.29) is 0 Å². The third-order valence-electron chi connectivity index (χ3n) is 4.90. The number of nitrogens with two attached hydrogens (primary N) is 1. The molecular formula is C18H23N7. The van der Waals surface area contributed by atoms with Gasteiger partial charge in [0.1, 0.15) is 5.82 Å². The van der Waals surface area contributed by atoms with E-state index in [0.717, 1.165) is 54.3 Å². The first kappa shape index (κ1) is 16.0. The number of anilines is 1. The lowest BCUT2D eigenvalue weighted by molar-refractivity contribution is 0.395. The van der Waals surface area contributed by atoms with E-state index in [9.17, 15) is 0 Å². The molecule has 0 radical (unpaired) electrons. The first-order valence-corrected chi connectivity index (χ1v) is 8.81. The first-order valence-electron chi connectivity index (χ1n) is 8.81. The van der Waals surface area contributed by atoms with Gasteiger partial charge in [-0.05, 0) is 43.9 Å². The Labute approximate surface area is 146 Å². The van der Waals surface area contributed by atoms with E-state index in [2.05, 4.69) is 15.0 Å². The Balaban J connectivity index is 1.79. The number of hydrogen-bond donors (Lipinski definition) is 1. The predicted octanol–water partition coefficient (Wildman–Crippen LogP) is 1.99. The van der Waals surface area contributed by atoms with E-state index >= 15 is 0 Å². The number of nitrogens with zero attached hydrogens (tertiary/aromatic N) is 6. The minimum Gasteiger partial charge on any atom is -0.356 e. The molecular weight excluding hydrogens is 314 g/mol. The fourth-order valence-corrected chi connectivity index (χ4v) is 3.61. The van der Waals surface area contributed by atoms with E-state index in [4.69, 9.17) is 15.7 Å². The second-order valence-electron chi connectivity index (χ2n) is 6.64. The van der Waals surface area contributed by atoms with Crippen molar-refractivity contribution < 1.29 is 0 Å². The van der Waals surface area contributed by atoms with Gasteiger partial charge in [-0.1, -0.05) is 0 Å². The van der Waals surface area contributed by atoms with Crippen molar-refractivity contribution in [1.29, 1.82) is 0 Å². The molecule has 3 aromatic heterocycles. The topological polar surface area (TPSA) is 85.8 Å². The third-order valence-corrected chi connectivity index (χ3v) is 4.90. The Kier molecular flexibility index (Phi) is 4.31. The summed E-state index contributed by atoms with van der Waals surface area (Å²) in [6, 6.07) is 3.88. The molecule has 0 amide bonds. The maximum absolute atomic E-state index is 5.77. The van der Waals surface area contributed by atoms with Crippen LogP contribution in [-0.4, -0.2) is 44.4 Å². The minimum atomic E-state index is 0.629. The van der Waals surface area contributed by atoms with Crippen molar-refractivity contribution in [3.63, 3.8) is 0 Å². The highest BCUT2D eigenvalue weighted by atomic mass is 15.3. The van der Waals surface area contributed by atoms with Gasteiger partial charge in [-0.15, -0.1) is 0 Å². The van der Waals surface area contributed by atoms with Crippen LogP contribution >= 0.6 is 0 Å². The van der Waals surface area contributed by atoms with E-state index in [1.54, 1.807) is 12.4 Å². The molecule has 1 aliphatic heterocycles. The van der Waals surface area contributed by atoms with E-state index < -0.39 is 0 Å². The number of fused-ring (bicyclic) bond motifs is 1. The van der Waals surface area contributed by atoms with Gasteiger partial charge in [0, 0.05) is 38.1 Å². The minimum absolute atomic E-state index is 0.629. The monoisotopic (exact) mass is 337 g/mol. The second kappa shape index (κ2) is 6.76. The third kappa shape index (κ3) is 3.07. The van der Waals surface area contributed by atoms with Gasteiger partial charge >= 0.3 is 0 Å². The molecule has 1 atom stereocenters. The van der Waals surface area contributed by atoms with Gasteiger partial charge in [0.25, 0.3) is 0 Å². The predicted molar refractivity (Wildman–Crippen MR) is 98.1 cm³/mol. The first-order chi connectivity index (χ1) is 12.3. The maximum atomic E-state index is 5.77. The van der Waals surface area contributed by atoms with Crippen molar-refractivity contribution in [3.8, 4) is 11.4 Å². The molecule has 1 fully saturated rings.